The van der Waals surface area contributed by atoms with Crippen molar-refractivity contribution in [3.8, 4) is 0 Å². The highest BCUT2D eigenvalue weighted by molar-refractivity contribution is 6.28. The number of rotatable bonds is 3. The van der Waals surface area contributed by atoms with E-state index in [0.717, 1.165) is 16.7 Å². The van der Waals surface area contributed by atoms with Crippen molar-refractivity contribution in [1.82, 2.24) is 0 Å². The lowest BCUT2D eigenvalue weighted by molar-refractivity contribution is 0.879. The molecule has 0 N–H and O–H groups in total. The molecule has 0 unspecified atom stereocenters. The van der Waals surface area contributed by atoms with Crippen molar-refractivity contribution in [2.45, 2.75) is 4.87 Å². The van der Waals surface area contributed by atoms with E-state index in [9.17, 15) is 0 Å². The maximum absolute atomic E-state index is 7.12. The van der Waals surface area contributed by atoms with Crippen molar-refractivity contribution in [3.05, 3.63) is 108 Å². The molecule has 0 saturated heterocycles. The van der Waals surface area contributed by atoms with Crippen LogP contribution in [-0.2, 0) is 4.87 Å². The molecule has 0 atom stereocenters. The van der Waals surface area contributed by atoms with Gasteiger partial charge in [-0.05, 0) is 16.7 Å². The fraction of sp³-hybridized carbons (Fsp3) is 0.0526. The summed E-state index contributed by atoms with van der Waals surface area (Å²) in [6, 6.07) is 30.6. The van der Waals surface area contributed by atoms with E-state index in [1.54, 1.807) is 0 Å². The molecule has 3 aromatic carbocycles. The van der Waals surface area contributed by atoms with Gasteiger partial charge >= 0.3 is 0 Å². The van der Waals surface area contributed by atoms with Crippen LogP contribution in [0.1, 0.15) is 16.7 Å². The summed E-state index contributed by atoms with van der Waals surface area (Å²) in [5, 5.41) is 0. The van der Waals surface area contributed by atoms with Gasteiger partial charge in [0.15, 0.2) is 0 Å². The molecule has 0 heterocycles. The summed E-state index contributed by atoms with van der Waals surface area (Å²) in [7, 11) is 0. The summed E-state index contributed by atoms with van der Waals surface area (Å²) in [5.41, 5.74) is 3.25. The molecule has 3 rings (SSSR count). The maximum Gasteiger partial charge on any atom is 0.119 e. The zero-order valence-corrected chi connectivity index (χ0v) is 13.0. The van der Waals surface area contributed by atoms with Crippen LogP contribution < -0.4 is 0 Å². The van der Waals surface area contributed by atoms with Crippen LogP contribution in [0.5, 0.6) is 0 Å². The van der Waals surface area contributed by atoms with Gasteiger partial charge in [0, 0.05) is 0 Å². The number of hydrogen-bond donors (Lipinski definition) is 0. The zero-order valence-electron chi connectivity index (χ0n) is 11.4. The SMILES string of the molecule is Cl.ClC(c1ccccc1)(c1ccccc1)c1ccccc1. The number of hydrogen-bond acceptors (Lipinski definition) is 0. The van der Waals surface area contributed by atoms with Crippen LogP contribution in [0.4, 0.5) is 0 Å². The molecule has 21 heavy (non-hydrogen) atoms. The molecule has 0 spiro atoms. The largest absolute Gasteiger partial charge is 0.147 e. The zero-order chi connectivity index (χ0) is 13.8. The summed E-state index contributed by atoms with van der Waals surface area (Å²) >= 11 is 7.12. The maximum atomic E-state index is 7.12. The van der Waals surface area contributed by atoms with E-state index in [0.29, 0.717) is 0 Å². The monoisotopic (exact) mass is 314 g/mol. The Hall–Kier alpha value is -1.76. The van der Waals surface area contributed by atoms with Crippen molar-refractivity contribution in [3.63, 3.8) is 0 Å². The van der Waals surface area contributed by atoms with E-state index in [4.69, 9.17) is 11.6 Å². The summed E-state index contributed by atoms with van der Waals surface area (Å²) in [5.74, 6) is 0. The van der Waals surface area contributed by atoms with Crippen molar-refractivity contribution < 1.29 is 0 Å². The predicted molar refractivity (Wildman–Crippen MR) is 92.3 cm³/mol. The molecule has 106 valence electrons. The molecule has 0 aliphatic rings. The van der Waals surface area contributed by atoms with Crippen LogP contribution >= 0.6 is 24.0 Å². The van der Waals surface area contributed by atoms with Gasteiger partial charge in [-0.1, -0.05) is 91.0 Å². The van der Waals surface area contributed by atoms with Crippen LogP contribution in [0.15, 0.2) is 91.0 Å². The Labute approximate surface area is 136 Å². The van der Waals surface area contributed by atoms with Gasteiger partial charge < -0.3 is 0 Å². The number of alkyl halides is 1. The highest BCUT2D eigenvalue weighted by Crippen LogP contribution is 2.42. The Morgan fingerprint density at radius 2 is 0.714 bits per heavy atom. The fourth-order valence-electron chi connectivity index (χ4n) is 2.50. The minimum Gasteiger partial charge on any atom is -0.147 e. The Morgan fingerprint density at radius 3 is 0.952 bits per heavy atom. The van der Waals surface area contributed by atoms with Crippen molar-refractivity contribution in [2.75, 3.05) is 0 Å². The lowest BCUT2D eigenvalue weighted by Gasteiger charge is -2.29. The van der Waals surface area contributed by atoms with Gasteiger partial charge in [0.1, 0.15) is 4.87 Å². The third kappa shape index (κ3) is 2.97. The minimum atomic E-state index is -0.649. The van der Waals surface area contributed by atoms with Crippen LogP contribution in [0.3, 0.4) is 0 Å². The molecule has 0 amide bonds. The third-order valence-corrected chi connectivity index (χ3v) is 4.17. The topological polar surface area (TPSA) is 0 Å². The average Bonchev–Trinajstić information content (AvgIpc) is 2.56. The van der Waals surface area contributed by atoms with Crippen LogP contribution in [0, 0.1) is 0 Å². The second-order valence-electron chi connectivity index (χ2n) is 4.76. The lowest BCUT2D eigenvalue weighted by Crippen LogP contribution is -2.22. The highest BCUT2D eigenvalue weighted by Gasteiger charge is 2.33. The van der Waals surface area contributed by atoms with Crippen LogP contribution in [0.25, 0.3) is 0 Å². The molecule has 0 aliphatic heterocycles. The standard InChI is InChI=1S/C19H15Cl.ClH/c20-19(16-10-4-1-5-11-16,17-12-6-2-7-13-17)18-14-8-3-9-15-18;/h1-15H;1H. The second kappa shape index (κ2) is 6.80. The van der Waals surface area contributed by atoms with Crippen molar-refractivity contribution in [1.29, 1.82) is 0 Å². The Kier molecular flexibility index (Phi) is 5.06. The number of benzene rings is 3. The highest BCUT2D eigenvalue weighted by atomic mass is 35.5. The van der Waals surface area contributed by atoms with Gasteiger partial charge in [0.05, 0.1) is 0 Å². The summed E-state index contributed by atoms with van der Waals surface area (Å²) < 4.78 is 0. The van der Waals surface area contributed by atoms with Gasteiger partial charge in [-0.2, -0.15) is 0 Å². The molecule has 0 saturated carbocycles. The smallest absolute Gasteiger partial charge is 0.119 e. The van der Waals surface area contributed by atoms with Gasteiger partial charge in [-0.25, -0.2) is 0 Å². The predicted octanol–water partition coefficient (Wildman–Crippen LogP) is 5.64. The minimum absolute atomic E-state index is 0. The first-order chi connectivity index (χ1) is 9.82. The molecule has 0 fully saturated rings. The molecular formula is C19H16Cl2. The first-order valence-corrected chi connectivity index (χ1v) is 7.05. The quantitative estimate of drug-likeness (QED) is 0.433. The van der Waals surface area contributed by atoms with Crippen molar-refractivity contribution >= 4 is 24.0 Å². The molecular weight excluding hydrogens is 299 g/mol. The number of halogens is 2. The van der Waals surface area contributed by atoms with Gasteiger partial charge in [-0.3, -0.25) is 0 Å². The van der Waals surface area contributed by atoms with E-state index in [-0.39, 0.29) is 12.4 Å². The third-order valence-electron chi connectivity index (χ3n) is 3.51. The van der Waals surface area contributed by atoms with Crippen molar-refractivity contribution in [2.24, 2.45) is 0 Å². The average molecular weight is 315 g/mol. The lowest BCUT2D eigenvalue weighted by atomic mass is 9.84. The molecule has 0 radical (unpaired) electrons. The summed E-state index contributed by atoms with van der Waals surface area (Å²) in [6.45, 7) is 0. The summed E-state index contributed by atoms with van der Waals surface area (Å²) in [4.78, 5) is -0.649. The molecule has 0 aliphatic carbocycles. The van der Waals surface area contributed by atoms with E-state index < -0.39 is 4.87 Å². The van der Waals surface area contributed by atoms with Gasteiger partial charge in [-0.15, -0.1) is 24.0 Å². The first kappa shape index (κ1) is 15.6. The molecule has 2 heteroatoms. The molecule has 0 aromatic heterocycles. The van der Waals surface area contributed by atoms with Gasteiger partial charge in [0.2, 0.25) is 0 Å². The van der Waals surface area contributed by atoms with E-state index >= 15 is 0 Å². The van der Waals surface area contributed by atoms with E-state index in [1.807, 2.05) is 54.6 Å². The molecule has 3 aromatic rings. The first-order valence-electron chi connectivity index (χ1n) is 6.67. The van der Waals surface area contributed by atoms with Gasteiger partial charge in [0.25, 0.3) is 0 Å². The second-order valence-corrected chi connectivity index (χ2v) is 5.32. The Bertz CT molecular complexity index is 567. The van der Waals surface area contributed by atoms with Crippen LogP contribution in [0.2, 0.25) is 0 Å². The molecule has 0 nitrogen and oxygen atoms in total. The van der Waals surface area contributed by atoms with E-state index in [1.165, 1.54) is 0 Å². The summed E-state index contributed by atoms with van der Waals surface area (Å²) in [6.07, 6.45) is 0. The normalized spacial score (nSPS) is 10.7. The van der Waals surface area contributed by atoms with Crippen LogP contribution in [-0.4, -0.2) is 0 Å². The molecule has 0 bridgehead atoms. The Balaban J connectivity index is 0.00000161. The van der Waals surface area contributed by atoms with E-state index in [2.05, 4.69) is 36.4 Å². The Morgan fingerprint density at radius 1 is 0.476 bits per heavy atom. The fourth-order valence-corrected chi connectivity index (χ4v) is 2.88.